The highest BCUT2D eigenvalue weighted by Gasteiger charge is 2.47. The number of carbonyl (C=O) groups excluding carboxylic acids is 1. The van der Waals surface area contributed by atoms with E-state index in [1.165, 1.54) is 18.5 Å². The first kappa shape index (κ1) is 15.8. The fourth-order valence-corrected chi connectivity index (χ4v) is 2.61. The van der Waals surface area contributed by atoms with Gasteiger partial charge in [-0.3, -0.25) is 4.79 Å². The van der Waals surface area contributed by atoms with Crippen LogP contribution >= 0.6 is 0 Å². The zero-order valence-electron chi connectivity index (χ0n) is 12.4. The number of nitrogens with two attached hydrogens (primary N) is 2. The van der Waals surface area contributed by atoms with Crippen molar-refractivity contribution >= 4 is 5.91 Å². The Morgan fingerprint density at radius 1 is 1.38 bits per heavy atom. The van der Waals surface area contributed by atoms with Crippen molar-refractivity contribution in [1.82, 2.24) is 5.32 Å². The normalized spacial score (nSPS) is 32.1. The van der Waals surface area contributed by atoms with Gasteiger partial charge in [-0.2, -0.15) is 0 Å². The molecule has 0 radical (unpaired) electrons. The smallest absolute Gasteiger partial charge is 0.252 e. The number of nitrogens with one attached hydrogen (secondary N) is 1. The molecule has 0 aromatic carbocycles. The summed E-state index contributed by atoms with van der Waals surface area (Å²) in [7, 11) is 0. The quantitative estimate of drug-likeness (QED) is 0.487. The van der Waals surface area contributed by atoms with Crippen LogP contribution in [-0.2, 0) is 19.0 Å². The Morgan fingerprint density at radius 2 is 2.14 bits per heavy atom. The van der Waals surface area contributed by atoms with Crippen molar-refractivity contribution in [3.63, 3.8) is 0 Å². The van der Waals surface area contributed by atoms with Gasteiger partial charge in [-0.05, 0) is 32.5 Å². The van der Waals surface area contributed by atoms with Crippen molar-refractivity contribution in [1.29, 1.82) is 0 Å². The SMILES string of the molecule is CC1(C)OC2CCOC(CNC(=O)C(/C=C\N)=C/N)C2O1. The molecule has 0 aliphatic carbocycles. The number of rotatable bonds is 4. The van der Waals surface area contributed by atoms with Gasteiger partial charge in [-0.25, -0.2) is 0 Å². The van der Waals surface area contributed by atoms with Gasteiger partial charge in [0, 0.05) is 19.4 Å². The molecule has 2 fully saturated rings. The van der Waals surface area contributed by atoms with E-state index in [2.05, 4.69) is 5.32 Å². The van der Waals surface area contributed by atoms with Crippen LogP contribution in [0.2, 0.25) is 0 Å². The van der Waals surface area contributed by atoms with Gasteiger partial charge in [-0.15, -0.1) is 0 Å². The van der Waals surface area contributed by atoms with Crippen LogP contribution in [0.1, 0.15) is 20.3 Å². The summed E-state index contributed by atoms with van der Waals surface area (Å²) in [6.07, 6.45) is 4.30. The predicted molar refractivity (Wildman–Crippen MR) is 76.8 cm³/mol. The van der Waals surface area contributed by atoms with Gasteiger partial charge in [0.05, 0.1) is 11.7 Å². The predicted octanol–water partition coefficient (Wildman–Crippen LogP) is -0.273. The third-order valence-electron chi connectivity index (χ3n) is 3.50. The molecule has 0 spiro atoms. The minimum Gasteiger partial charge on any atom is -0.405 e. The average molecular weight is 297 g/mol. The van der Waals surface area contributed by atoms with Crippen LogP contribution in [0.4, 0.5) is 0 Å². The number of ether oxygens (including phenoxy) is 3. The lowest BCUT2D eigenvalue weighted by Crippen LogP contribution is -2.49. The monoisotopic (exact) mass is 297 g/mol. The van der Waals surface area contributed by atoms with E-state index in [0.717, 1.165) is 6.42 Å². The second kappa shape index (κ2) is 6.46. The van der Waals surface area contributed by atoms with Crippen molar-refractivity contribution in [2.45, 2.75) is 44.4 Å². The molecule has 5 N–H and O–H groups in total. The van der Waals surface area contributed by atoms with Gasteiger partial charge in [0.1, 0.15) is 12.2 Å². The molecule has 7 heteroatoms. The Kier molecular flexibility index (Phi) is 4.87. The third-order valence-corrected chi connectivity index (χ3v) is 3.50. The number of hydrogen-bond donors (Lipinski definition) is 3. The molecule has 3 atom stereocenters. The van der Waals surface area contributed by atoms with E-state index in [1.807, 2.05) is 13.8 Å². The molecule has 2 heterocycles. The first-order valence-electron chi connectivity index (χ1n) is 7.02. The lowest BCUT2D eigenvalue weighted by molar-refractivity contribution is -0.153. The molecule has 2 saturated heterocycles. The highest BCUT2D eigenvalue weighted by molar-refractivity contribution is 5.95. The molecule has 7 nitrogen and oxygen atoms in total. The van der Waals surface area contributed by atoms with Crippen molar-refractivity contribution in [2.75, 3.05) is 13.2 Å². The molecule has 2 aliphatic rings. The van der Waals surface area contributed by atoms with Crippen LogP contribution in [-0.4, -0.2) is 43.2 Å². The van der Waals surface area contributed by atoms with Crippen LogP contribution in [0.25, 0.3) is 0 Å². The Hall–Kier alpha value is -1.57. The molecule has 0 aromatic heterocycles. The summed E-state index contributed by atoms with van der Waals surface area (Å²) in [4.78, 5) is 11.9. The molecule has 2 aliphatic heterocycles. The van der Waals surface area contributed by atoms with Crippen molar-refractivity contribution < 1.29 is 19.0 Å². The molecule has 0 saturated carbocycles. The largest absolute Gasteiger partial charge is 0.405 e. The van der Waals surface area contributed by atoms with Crippen LogP contribution in [0, 0.1) is 0 Å². The number of amides is 1. The van der Waals surface area contributed by atoms with E-state index >= 15 is 0 Å². The van der Waals surface area contributed by atoms with Gasteiger partial charge in [0.2, 0.25) is 0 Å². The van der Waals surface area contributed by atoms with E-state index in [4.69, 9.17) is 25.7 Å². The van der Waals surface area contributed by atoms with Gasteiger partial charge >= 0.3 is 0 Å². The van der Waals surface area contributed by atoms with Gasteiger partial charge in [-0.1, -0.05) is 0 Å². The standard InChI is InChI=1S/C14H23N3O4/c1-14(2)20-10-4-6-19-11(12(10)21-14)8-17-13(18)9(7-16)3-5-15/h3,5,7,10-12H,4,6,8,15-16H2,1-2H3,(H,17,18)/b5-3-,9-7+. The summed E-state index contributed by atoms with van der Waals surface area (Å²) in [5.41, 5.74) is 10.9. The van der Waals surface area contributed by atoms with Crippen molar-refractivity contribution in [3.05, 3.63) is 24.0 Å². The Bertz CT molecular complexity index is 448. The molecule has 0 aromatic rings. The average Bonchev–Trinajstić information content (AvgIpc) is 2.76. The Labute approximate surface area is 124 Å². The molecular formula is C14H23N3O4. The van der Waals surface area contributed by atoms with Crippen LogP contribution < -0.4 is 16.8 Å². The first-order chi connectivity index (χ1) is 9.96. The number of fused-ring (bicyclic) bond motifs is 1. The maximum atomic E-state index is 11.9. The summed E-state index contributed by atoms with van der Waals surface area (Å²) >= 11 is 0. The van der Waals surface area contributed by atoms with E-state index in [0.29, 0.717) is 18.7 Å². The molecule has 2 rings (SSSR count). The molecule has 118 valence electrons. The van der Waals surface area contributed by atoms with Crippen molar-refractivity contribution in [2.24, 2.45) is 11.5 Å². The zero-order valence-corrected chi connectivity index (χ0v) is 12.4. The van der Waals surface area contributed by atoms with E-state index < -0.39 is 5.79 Å². The summed E-state index contributed by atoms with van der Waals surface area (Å²) in [6.45, 7) is 4.67. The highest BCUT2D eigenvalue weighted by atomic mass is 16.8. The summed E-state index contributed by atoms with van der Waals surface area (Å²) in [5.74, 6) is -0.918. The topological polar surface area (TPSA) is 109 Å². The maximum Gasteiger partial charge on any atom is 0.252 e. The van der Waals surface area contributed by atoms with E-state index in [9.17, 15) is 4.79 Å². The third kappa shape index (κ3) is 3.75. The van der Waals surface area contributed by atoms with Crippen LogP contribution in [0.3, 0.4) is 0 Å². The van der Waals surface area contributed by atoms with E-state index in [-0.39, 0.29) is 24.2 Å². The molecule has 1 amide bonds. The summed E-state index contributed by atoms with van der Waals surface area (Å²) in [6, 6.07) is 0. The van der Waals surface area contributed by atoms with Crippen LogP contribution in [0.5, 0.6) is 0 Å². The minimum absolute atomic E-state index is 0.00381. The van der Waals surface area contributed by atoms with Gasteiger partial charge < -0.3 is 31.0 Å². The molecule has 21 heavy (non-hydrogen) atoms. The molecular weight excluding hydrogens is 274 g/mol. The second-order valence-electron chi connectivity index (χ2n) is 5.53. The van der Waals surface area contributed by atoms with Crippen molar-refractivity contribution in [3.8, 4) is 0 Å². The lowest BCUT2D eigenvalue weighted by atomic mass is 10.0. The number of hydrogen-bond acceptors (Lipinski definition) is 6. The Balaban J connectivity index is 1.92. The number of carbonyl (C=O) groups is 1. The summed E-state index contributed by atoms with van der Waals surface area (Å²) < 4.78 is 17.4. The van der Waals surface area contributed by atoms with Crippen LogP contribution in [0.15, 0.2) is 24.0 Å². The Morgan fingerprint density at radius 3 is 2.81 bits per heavy atom. The minimum atomic E-state index is -0.615. The maximum absolute atomic E-state index is 11.9. The highest BCUT2D eigenvalue weighted by Crippen LogP contribution is 2.34. The summed E-state index contributed by atoms with van der Waals surface area (Å²) in [5, 5.41) is 2.77. The second-order valence-corrected chi connectivity index (χ2v) is 5.53. The first-order valence-corrected chi connectivity index (χ1v) is 7.02. The van der Waals surface area contributed by atoms with E-state index in [1.54, 1.807) is 0 Å². The van der Waals surface area contributed by atoms with Gasteiger partial charge in [0.15, 0.2) is 5.79 Å². The fraction of sp³-hybridized carbons (Fsp3) is 0.643. The van der Waals surface area contributed by atoms with Gasteiger partial charge in [0.25, 0.3) is 5.91 Å². The zero-order chi connectivity index (χ0) is 15.5. The molecule has 3 unspecified atom stereocenters. The lowest BCUT2D eigenvalue weighted by Gasteiger charge is -2.31. The fourth-order valence-electron chi connectivity index (χ4n) is 2.61. The molecule has 0 bridgehead atoms.